The van der Waals surface area contributed by atoms with Crippen LogP contribution in [0.2, 0.25) is 0 Å². The summed E-state index contributed by atoms with van der Waals surface area (Å²) < 4.78 is 11.3. The lowest BCUT2D eigenvalue weighted by atomic mass is 9.46. The summed E-state index contributed by atoms with van der Waals surface area (Å²) in [5.74, 6) is 0.510. The van der Waals surface area contributed by atoms with Crippen LogP contribution in [0.15, 0.2) is 0 Å². The van der Waals surface area contributed by atoms with Gasteiger partial charge in [-0.1, -0.05) is 20.8 Å². The Balaban J connectivity index is 2.10. The second-order valence-corrected chi connectivity index (χ2v) is 7.52. The monoisotopic (exact) mass is 298 g/mol. The van der Waals surface area contributed by atoms with Gasteiger partial charge in [-0.15, -0.1) is 0 Å². The second kappa shape index (κ2) is 6.53. The van der Waals surface area contributed by atoms with E-state index in [1.807, 2.05) is 0 Å². The smallest absolute Gasteiger partial charge is 0.0690 e. The van der Waals surface area contributed by atoms with Crippen molar-refractivity contribution in [2.45, 2.75) is 64.6 Å². The number of fused-ring (bicyclic) bond motifs is 1. The maximum Gasteiger partial charge on any atom is 0.0690 e. The van der Waals surface area contributed by atoms with E-state index in [2.05, 4.69) is 32.6 Å². The van der Waals surface area contributed by atoms with Gasteiger partial charge in [-0.2, -0.15) is 0 Å². The van der Waals surface area contributed by atoms with Crippen LogP contribution in [0.3, 0.4) is 0 Å². The molecule has 4 nitrogen and oxygen atoms in total. The zero-order valence-corrected chi connectivity index (χ0v) is 14.5. The highest BCUT2D eigenvalue weighted by atomic mass is 16.5. The van der Waals surface area contributed by atoms with Crippen molar-refractivity contribution in [3.8, 4) is 0 Å². The van der Waals surface area contributed by atoms with E-state index in [0.29, 0.717) is 18.1 Å². The number of nitrogens with zero attached hydrogens (tertiary/aromatic N) is 1. The predicted molar refractivity (Wildman–Crippen MR) is 86.4 cm³/mol. The normalized spacial score (nSPS) is 36.1. The first-order valence-corrected chi connectivity index (χ1v) is 8.52. The molecule has 2 N–H and O–H groups in total. The van der Waals surface area contributed by atoms with Crippen molar-refractivity contribution < 1.29 is 9.47 Å². The fourth-order valence-electron chi connectivity index (χ4n) is 4.25. The highest BCUT2D eigenvalue weighted by molar-refractivity contribution is 5.21. The SMILES string of the molecule is CCC(C)N(CCOC)CC1(N)C2CCCOC2C1(C)C. The van der Waals surface area contributed by atoms with E-state index in [1.165, 1.54) is 6.42 Å². The number of hydrogen-bond donors (Lipinski definition) is 1. The molecule has 1 saturated heterocycles. The Labute approximate surface area is 130 Å². The molecule has 2 fully saturated rings. The largest absolute Gasteiger partial charge is 0.383 e. The minimum Gasteiger partial charge on any atom is -0.383 e. The third-order valence-corrected chi connectivity index (χ3v) is 6.16. The van der Waals surface area contributed by atoms with Crippen LogP contribution in [0.5, 0.6) is 0 Å². The molecular weight excluding hydrogens is 264 g/mol. The van der Waals surface area contributed by atoms with Crippen molar-refractivity contribution in [1.82, 2.24) is 4.90 Å². The standard InChI is InChI=1S/C17H34N2O2/c1-6-13(2)19(9-11-20-5)12-17(18)14-8-7-10-21-15(14)16(17,3)4/h13-15H,6-12,18H2,1-5H3. The van der Waals surface area contributed by atoms with Crippen LogP contribution in [0.1, 0.15) is 47.0 Å². The van der Waals surface area contributed by atoms with Crippen molar-refractivity contribution in [3.63, 3.8) is 0 Å². The Morgan fingerprint density at radius 1 is 1.43 bits per heavy atom. The molecule has 124 valence electrons. The van der Waals surface area contributed by atoms with Crippen molar-refractivity contribution >= 4 is 0 Å². The summed E-state index contributed by atoms with van der Waals surface area (Å²) in [6.07, 6.45) is 3.85. The third kappa shape index (κ3) is 2.88. The highest BCUT2D eigenvalue weighted by Gasteiger charge is 2.66. The number of nitrogens with two attached hydrogens (primary N) is 1. The van der Waals surface area contributed by atoms with Crippen LogP contribution < -0.4 is 5.73 Å². The van der Waals surface area contributed by atoms with E-state index in [4.69, 9.17) is 15.2 Å². The van der Waals surface area contributed by atoms with Gasteiger partial charge in [-0.3, -0.25) is 4.90 Å². The Morgan fingerprint density at radius 2 is 2.14 bits per heavy atom. The predicted octanol–water partition coefficient (Wildman–Crippen LogP) is 2.27. The lowest BCUT2D eigenvalue weighted by Crippen LogP contribution is -2.80. The molecule has 0 amide bonds. The fourth-order valence-corrected chi connectivity index (χ4v) is 4.25. The lowest BCUT2D eigenvalue weighted by molar-refractivity contribution is -0.233. The Bertz CT molecular complexity index is 348. The summed E-state index contributed by atoms with van der Waals surface area (Å²) in [5.41, 5.74) is 6.85. The number of hydrogen-bond acceptors (Lipinski definition) is 4. The van der Waals surface area contributed by atoms with Gasteiger partial charge in [0.05, 0.1) is 12.7 Å². The lowest BCUT2D eigenvalue weighted by Gasteiger charge is -2.67. The van der Waals surface area contributed by atoms with Crippen molar-refractivity contribution in [2.24, 2.45) is 17.1 Å². The summed E-state index contributed by atoms with van der Waals surface area (Å²) in [6, 6.07) is 0.542. The molecule has 4 atom stereocenters. The minimum atomic E-state index is -0.144. The molecule has 1 heterocycles. The molecule has 0 bridgehead atoms. The number of methoxy groups -OCH3 is 1. The molecule has 1 aliphatic carbocycles. The van der Waals surface area contributed by atoms with E-state index in [1.54, 1.807) is 7.11 Å². The summed E-state index contributed by atoms with van der Waals surface area (Å²) in [7, 11) is 1.77. The molecule has 0 spiro atoms. The minimum absolute atomic E-state index is 0.0525. The second-order valence-electron chi connectivity index (χ2n) is 7.52. The van der Waals surface area contributed by atoms with Crippen molar-refractivity contribution in [2.75, 3.05) is 33.4 Å². The molecule has 0 aromatic carbocycles. The average molecular weight is 298 g/mol. The van der Waals surface area contributed by atoms with E-state index in [9.17, 15) is 0 Å². The molecule has 4 unspecified atom stereocenters. The van der Waals surface area contributed by atoms with Crippen LogP contribution in [-0.4, -0.2) is 56.0 Å². The molecule has 1 aliphatic heterocycles. The number of ether oxygens (including phenoxy) is 2. The maximum absolute atomic E-state index is 6.94. The molecular formula is C17H34N2O2. The molecule has 2 rings (SSSR count). The van der Waals surface area contributed by atoms with Gasteiger partial charge in [0, 0.05) is 49.7 Å². The first-order chi connectivity index (χ1) is 9.88. The van der Waals surface area contributed by atoms with Crippen LogP contribution in [0.4, 0.5) is 0 Å². The summed E-state index contributed by atoms with van der Waals surface area (Å²) in [6.45, 7) is 12.7. The Morgan fingerprint density at radius 3 is 2.76 bits per heavy atom. The Hall–Kier alpha value is -0.160. The van der Waals surface area contributed by atoms with Gasteiger partial charge in [0.2, 0.25) is 0 Å². The molecule has 21 heavy (non-hydrogen) atoms. The van der Waals surface area contributed by atoms with Crippen LogP contribution >= 0.6 is 0 Å². The van der Waals surface area contributed by atoms with Crippen molar-refractivity contribution in [1.29, 1.82) is 0 Å². The molecule has 2 aliphatic rings. The van der Waals surface area contributed by atoms with Gasteiger partial charge in [0.25, 0.3) is 0 Å². The van der Waals surface area contributed by atoms with Gasteiger partial charge in [-0.25, -0.2) is 0 Å². The molecule has 1 saturated carbocycles. The van der Waals surface area contributed by atoms with Crippen LogP contribution in [0, 0.1) is 11.3 Å². The Kier molecular flexibility index (Phi) is 5.35. The van der Waals surface area contributed by atoms with Crippen molar-refractivity contribution in [3.05, 3.63) is 0 Å². The first-order valence-electron chi connectivity index (χ1n) is 8.52. The molecule has 0 aromatic rings. The fraction of sp³-hybridized carbons (Fsp3) is 1.00. The van der Waals surface area contributed by atoms with Gasteiger partial charge >= 0.3 is 0 Å². The van der Waals surface area contributed by atoms with E-state index < -0.39 is 0 Å². The number of rotatable bonds is 7. The first kappa shape index (κ1) is 17.2. The third-order valence-electron chi connectivity index (χ3n) is 6.16. The van der Waals surface area contributed by atoms with Gasteiger partial charge in [0.1, 0.15) is 0 Å². The van der Waals surface area contributed by atoms with Gasteiger partial charge in [0.15, 0.2) is 0 Å². The molecule has 4 heteroatoms. The van der Waals surface area contributed by atoms with Crippen LogP contribution in [0.25, 0.3) is 0 Å². The van der Waals surface area contributed by atoms with E-state index in [-0.39, 0.29) is 11.0 Å². The summed E-state index contributed by atoms with van der Waals surface area (Å²) >= 11 is 0. The molecule has 0 aromatic heterocycles. The van der Waals surface area contributed by atoms with Crippen LogP contribution in [-0.2, 0) is 9.47 Å². The zero-order valence-electron chi connectivity index (χ0n) is 14.5. The van der Waals surface area contributed by atoms with Gasteiger partial charge in [-0.05, 0) is 26.2 Å². The quantitative estimate of drug-likeness (QED) is 0.783. The highest BCUT2D eigenvalue weighted by Crippen LogP contribution is 2.57. The maximum atomic E-state index is 6.94. The zero-order chi connectivity index (χ0) is 15.7. The summed E-state index contributed by atoms with van der Waals surface area (Å²) in [4.78, 5) is 2.51. The van der Waals surface area contributed by atoms with E-state index >= 15 is 0 Å². The summed E-state index contributed by atoms with van der Waals surface area (Å²) in [5, 5.41) is 0. The van der Waals surface area contributed by atoms with Gasteiger partial charge < -0.3 is 15.2 Å². The van der Waals surface area contributed by atoms with E-state index in [0.717, 1.165) is 39.1 Å². The topological polar surface area (TPSA) is 47.7 Å². The molecule has 0 radical (unpaired) electrons. The average Bonchev–Trinajstić information content (AvgIpc) is 2.50.